The summed E-state index contributed by atoms with van der Waals surface area (Å²) < 4.78 is 27.2. The largest absolute Gasteiger partial charge is 0.341 e. The first kappa shape index (κ1) is 20.1. The molecule has 0 aliphatic heterocycles. The SMILES string of the molecule is CCc1[nH]c(-c2c(C)cccc2C)nc1C(=O)NS(=O)(=O)c1ccccc1Cl. The van der Waals surface area contributed by atoms with E-state index in [-0.39, 0.29) is 15.6 Å². The van der Waals surface area contributed by atoms with E-state index in [0.29, 0.717) is 17.9 Å². The van der Waals surface area contributed by atoms with Crippen LogP contribution < -0.4 is 4.72 Å². The highest BCUT2D eigenvalue weighted by Gasteiger charge is 2.25. The van der Waals surface area contributed by atoms with Crippen molar-refractivity contribution in [2.75, 3.05) is 0 Å². The van der Waals surface area contributed by atoms with Crippen LogP contribution in [0.1, 0.15) is 34.2 Å². The molecule has 0 spiro atoms. The lowest BCUT2D eigenvalue weighted by molar-refractivity contribution is 0.0976. The minimum absolute atomic E-state index is 0.0387. The first-order chi connectivity index (χ1) is 13.2. The molecule has 1 aromatic heterocycles. The van der Waals surface area contributed by atoms with Gasteiger partial charge in [-0.3, -0.25) is 4.79 Å². The van der Waals surface area contributed by atoms with Crippen LogP contribution in [0.4, 0.5) is 0 Å². The van der Waals surface area contributed by atoms with Gasteiger partial charge in [0.05, 0.1) is 5.02 Å². The summed E-state index contributed by atoms with van der Waals surface area (Å²) in [7, 11) is -4.12. The summed E-state index contributed by atoms with van der Waals surface area (Å²) in [6.45, 7) is 5.78. The van der Waals surface area contributed by atoms with Gasteiger partial charge in [-0.05, 0) is 43.5 Å². The normalized spacial score (nSPS) is 11.4. The molecule has 0 bridgehead atoms. The van der Waals surface area contributed by atoms with Crippen molar-refractivity contribution in [3.05, 3.63) is 70.0 Å². The van der Waals surface area contributed by atoms with Crippen molar-refractivity contribution in [1.82, 2.24) is 14.7 Å². The fourth-order valence-electron chi connectivity index (χ4n) is 3.05. The average molecular weight is 418 g/mol. The predicted octanol–water partition coefficient (Wildman–Crippen LogP) is 4.03. The van der Waals surface area contributed by atoms with E-state index in [4.69, 9.17) is 11.6 Å². The first-order valence-corrected chi connectivity index (χ1v) is 10.6. The molecule has 3 aromatic rings. The molecule has 146 valence electrons. The Hall–Kier alpha value is -2.64. The zero-order chi connectivity index (χ0) is 20.5. The maximum absolute atomic E-state index is 12.7. The Balaban J connectivity index is 1.99. The minimum atomic E-state index is -4.12. The van der Waals surface area contributed by atoms with Gasteiger partial charge < -0.3 is 4.98 Å². The molecule has 6 nitrogen and oxygen atoms in total. The lowest BCUT2D eigenvalue weighted by Gasteiger charge is -2.08. The highest BCUT2D eigenvalue weighted by Crippen LogP contribution is 2.26. The minimum Gasteiger partial charge on any atom is -0.341 e. The lowest BCUT2D eigenvalue weighted by atomic mass is 10.0. The number of imidazole rings is 1. The van der Waals surface area contributed by atoms with Crippen LogP contribution in [0.5, 0.6) is 0 Å². The van der Waals surface area contributed by atoms with Gasteiger partial charge in [-0.25, -0.2) is 18.1 Å². The van der Waals surface area contributed by atoms with Gasteiger partial charge in [0.25, 0.3) is 15.9 Å². The van der Waals surface area contributed by atoms with Crippen LogP contribution in [0.3, 0.4) is 0 Å². The number of amides is 1. The van der Waals surface area contributed by atoms with Gasteiger partial charge in [0, 0.05) is 11.3 Å². The number of aromatic nitrogens is 2. The average Bonchev–Trinajstić information content (AvgIpc) is 3.05. The number of hydrogen-bond donors (Lipinski definition) is 2. The van der Waals surface area contributed by atoms with Crippen molar-refractivity contribution in [1.29, 1.82) is 0 Å². The van der Waals surface area contributed by atoms with Crippen LogP contribution in [0.2, 0.25) is 5.02 Å². The Morgan fingerprint density at radius 2 is 1.75 bits per heavy atom. The second-order valence-electron chi connectivity index (χ2n) is 6.40. The molecule has 3 rings (SSSR count). The molecule has 2 aromatic carbocycles. The quantitative estimate of drug-likeness (QED) is 0.655. The number of H-pyrrole nitrogens is 1. The number of nitrogens with zero attached hydrogens (tertiary/aromatic N) is 1. The third-order valence-electron chi connectivity index (χ3n) is 4.42. The molecule has 1 heterocycles. The smallest absolute Gasteiger partial charge is 0.285 e. The van der Waals surface area contributed by atoms with Crippen LogP contribution in [0, 0.1) is 13.8 Å². The molecule has 0 radical (unpaired) electrons. The highest BCUT2D eigenvalue weighted by molar-refractivity contribution is 7.90. The summed E-state index contributed by atoms with van der Waals surface area (Å²) in [5.74, 6) is -0.266. The molecule has 8 heteroatoms. The van der Waals surface area contributed by atoms with E-state index >= 15 is 0 Å². The van der Waals surface area contributed by atoms with Gasteiger partial charge in [0.1, 0.15) is 10.7 Å². The van der Waals surface area contributed by atoms with Gasteiger partial charge in [-0.1, -0.05) is 48.9 Å². The maximum atomic E-state index is 12.7. The van der Waals surface area contributed by atoms with Crippen LogP contribution in [-0.2, 0) is 16.4 Å². The maximum Gasteiger partial charge on any atom is 0.285 e. The van der Waals surface area contributed by atoms with Crippen LogP contribution in [0.15, 0.2) is 47.4 Å². The third kappa shape index (κ3) is 3.81. The van der Waals surface area contributed by atoms with E-state index in [1.807, 2.05) is 39.0 Å². The third-order valence-corrected chi connectivity index (χ3v) is 6.25. The topological polar surface area (TPSA) is 91.9 Å². The van der Waals surface area contributed by atoms with Crippen molar-refractivity contribution < 1.29 is 13.2 Å². The molecule has 0 saturated heterocycles. The lowest BCUT2D eigenvalue weighted by Crippen LogP contribution is -2.31. The highest BCUT2D eigenvalue weighted by atomic mass is 35.5. The Kier molecular flexibility index (Phi) is 5.58. The summed E-state index contributed by atoms with van der Waals surface area (Å²) in [5.41, 5.74) is 3.52. The van der Waals surface area contributed by atoms with Crippen LogP contribution in [-0.4, -0.2) is 24.3 Å². The number of carbonyl (C=O) groups is 1. The summed E-state index contributed by atoms with van der Waals surface area (Å²) in [4.78, 5) is 20.1. The molecule has 0 atom stereocenters. The Bertz CT molecular complexity index is 1130. The van der Waals surface area contributed by atoms with Gasteiger partial charge in [0.15, 0.2) is 5.69 Å². The van der Waals surface area contributed by atoms with E-state index in [2.05, 4.69) is 14.7 Å². The van der Waals surface area contributed by atoms with Crippen LogP contribution >= 0.6 is 11.6 Å². The van der Waals surface area contributed by atoms with Crippen molar-refractivity contribution >= 4 is 27.5 Å². The van der Waals surface area contributed by atoms with Crippen molar-refractivity contribution in [3.63, 3.8) is 0 Å². The molecule has 2 N–H and O–H groups in total. The number of carbonyl (C=O) groups excluding carboxylic acids is 1. The number of hydrogen-bond acceptors (Lipinski definition) is 4. The summed E-state index contributed by atoms with van der Waals surface area (Å²) >= 11 is 5.96. The molecular formula is C20H20ClN3O3S. The molecule has 0 aliphatic carbocycles. The Labute approximate surface area is 169 Å². The molecule has 0 fully saturated rings. The van der Waals surface area contributed by atoms with Crippen molar-refractivity contribution in [2.45, 2.75) is 32.1 Å². The van der Waals surface area contributed by atoms with E-state index in [1.54, 1.807) is 6.07 Å². The molecule has 28 heavy (non-hydrogen) atoms. The zero-order valence-corrected chi connectivity index (χ0v) is 17.3. The van der Waals surface area contributed by atoms with Gasteiger partial charge >= 0.3 is 0 Å². The zero-order valence-electron chi connectivity index (χ0n) is 15.7. The number of aromatic amines is 1. The monoisotopic (exact) mass is 417 g/mol. The fraction of sp³-hybridized carbons (Fsp3) is 0.200. The Morgan fingerprint density at radius 1 is 1.11 bits per heavy atom. The van der Waals surface area contributed by atoms with Gasteiger partial charge in [0.2, 0.25) is 0 Å². The van der Waals surface area contributed by atoms with E-state index in [9.17, 15) is 13.2 Å². The number of nitrogens with one attached hydrogen (secondary N) is 2. The van der Waals surface area contributed by atoms with E-state index < -0.39 is 15.9 Å². The predicted molar refractivity (Wildman–Crippen MR) is 109 cm³/mol. The fourth-order valence-corrected chi connectivity index (χ4v) is 4.52. The van der Waals surface area contributed by atoms with E-state index in [1.165, 1.54) is 18.2 Å². The number of benzene rings is 2. The second-order valence-corrected chi connectivity index (χ2v) is 8.46. The number of halogens is 1. The molecule has 0 saturated carbocycles. The first-order valence-electron chi connectivity index (χ1n) is 8.71. The molecule has 1 amide bonds. The molecule has 0 aliphatic rings. The molecule has 0 unspecified atom stereocenters. The Morgan fingerprint density at radius 3 is 2.36 bits per heavy atom. The standard InChI is InChI=1S/C20H20ClN3O3S/c1-4-15-18(23-19(22-15)17-12(2)8-7-9-13(17)3)20(25)24-28(26,27)16-11-6-5-10-14(16)21/h5-11H,4H2,1-3H3,(H,22,23)(H,24,25). The summed E-state index contributed by atoms with van der Waals surface area (Å²) in [6, 6.07) is 11.8. The number of rotatable bonds is 5. The van der Waals surface area contributed by atoms with Crippen LogP contribution in [0.25, 0.3) is 11.4 Å². The summed E-state index contributed by atoms with van der Waals surface area (Å²) in [5, 5.41) is 0.0387. The van der Waals surface area contributed by atoms with E-state index in [0.717, 1.165) is 16.7 Å². The summed E-state index contributed by atoms with van der Waals surface area (Å²) in [6.07, 6.45) is 0.493. The number of sulfonamides is 1. The van der Waals surface area contributed by atoms with Gasteiger partial charge in [-0.15, -0.1) is 0 Å². The van der Waals surface area contributed by atoms with Gasteiger partial charge in [-0.2, -0.15) is 0 Å². The second kappa shape index (κ2) is 7.77. The molecular weight excluding hydrogens is 398 g/mol. The van der Waals surface area contributed by atoms with Crippen molar-refractivity contribution in [2.24, 2.45) is 0 Å². The number of aryl methyl sites for hydroxylation is 3. The van der Waals surface area contributed by atoms with Crippen molar-refractivity contribution in [3.8, 4) is 11.4 Å².